The predicted molar refractivity (Wildman–Crippen MR) is 85.7 cm³/mol. The first-order valence-corrected chi connectivity index (χ1v) is 7.84. The largest absolute Gasteiger partial charge is 0.493 e. The summed E-state index contributed by atoms with van der Waals surface area (Å²) in [6.07, 6.45) is 0.853. The topological polar surface area (TPSA) is 21.3 Å². The molecule has 1 atom stereocenters. The molecule has 0 aromatic heterocycles. The third-order valence-electron chi connectivity index (χ3n) is 3.60. The van der Waals surface area contributed by atoms with E-state index in [0.717, 1.165) is 28.9 Å². The monoisotopic (exact) mass is 369 g/mol. The van der Waals surface area contributed by atoms with Crippen LogP contribution in [-0.2, 0) is 6.42 Å². The molecule has 0 saturated carbocycles. The Bertz CT molecular complexity index is 672. The van der Waals surface area contributed by atoms with Crippen LogP contribution >= 0.6 is 27.5 Å². The van der Waals surface area contributed by atoms with Gasteiger partial charge < -0.3 is 10.1 Å². The van der Waals surface area contributed by atoms with E-state index in [9.17, 15) is 4.39 Å². The van der Waals surface area contributed by atoms with Gasteiger partial charge in [-0.15, -0.1) is 0 Å². The third kappa shape index (κ3) is 2.93. The van der Waals surface area contributed by atoms with Crippen molar-refractivity contribution >= 4 is 27.5 Å². The number of hydrogen-bond donors (Lipinski definition) is 1. The lowest BCUT2D eigenvalue weighted by atomic mass is 9.96. The number of ether oxygens (including phenoxy) is 1. The number of benzene rings is 2. The molecule has 0 saturated heterocycles. The van der Waals surface area contributed by atoms with Gasteiger partial charge in [0.1, 0.15) is 11.6 Å². The molecule has 0 amide bonds. The highest BCUT2D eigenvalue weighted by Gasteiger charge is 2.24. The Labute approximate surface area is 136 Å². The molecule has 5 heteroatoms. The van der Waals surface area contributed by atoms with Gasteiger partial charge in [-0.2, -0.15) is 0 Å². The van der Waals surface area contributed by atoms with Crippen molar-refractivity contribution < 1.29 is 9.13 Å². The van der Waals surface area contributed by atoms with Gasteiger partial charge in [0.25, 0.3) is 0 Å². The first kappa shape index (κ1) is 14.8. The molecule has 0 radical (unpaired) electrons. The van der Waals surface area contributed by atoms with E-state index in [1.807, 2.05) is 25.2 Å². The van der Waals surface area contributed by atoms with Crippen LogP contribution in [0.2, 0.25) is 5.02 Å². The summed E-state index contributed by atoms with van der Waals surface area (Å²) in [5.74, 6) is 0.582. The Morgan fingerprint density at radius 3 is 2.81 bits per heavy atom. The van der Waals surface area contributed by atoms with Crippen LogP contribution in [0.4, 0.5) is 4.39 Å². The second-order valence-electron chi connectivity index (χ2n) is 5.01. The van der Waals surface area contributed by atoms with E-state index >= 15 is 0 Å². The summed E-state index contributed by atoms with van der Waals surface area (Å²) in [4.78, 5) is 0. The molecule has 2 nitrogen and oxygen atoms in total. The molecule has 1 unspecified atom stereocenters. The normalized spacial score (nSPS) is 14.7. The smallest absolute Gasteiger partial charge is 0.127 e. The fourth-order valence-electron chi connectivity index (χ4n) is 2.76. The Morgan fingerprint density at radius 2 is 2.10 bits per heavy atom. The summed E-state index contributed by atoms with van der Waals surface area (Å²) in [6.45, 7) is 0.659. The highest BCUT2D eigenvalue weighted by molar-refractivity contribution is 9.10. The Kier molecular flexibility index (Phi) is 4.20. The predicted octanol–water partition coefficient (Wildman–Crippen LogP) is 4.49. The van der Waals surface area contributed by atoms with E-state index in [1.165, 1.54) is 12.1 Å². The number of hydrogen-bond acceptors (Lipinski definition) is 2. The lowest BCUT2D eigenvalue weighted by Crippen LogP contribution is -2.18. The van der Waals surface area contributed by atoms with Gasteiger partial charge in [-0.3, -0.25) is 0 Å². The molecule has 0 aliphatic carbocycles. The van der Waals surface area contributed by atoms with Crippen LogP contribution in [0.15, 0.2) is 34.8 Å². The minimum absolute atomic E-state index is 0.178. The van der Waals surface area contributed by atoms with Gasteiger partial charge in [-0.05, 0) is 48.5 Å². The Balaban J connectivity index is 2.12. The van der Waals surface area contributed by atoms with Crippen LogP contribution in [-0.4, -0.2) is 13.7 Å². The average Bonchev–Trinajstić information content (AvgIpc) is 2.86. The summed E-state index contributed by atoms with van der Waals surface area (Å²) in [5.41, 5.74) is 2.87. The summed E-state index contributed by atoms with van der Waals surface area (Å²) < 4.78 is 20.1. The SMILES string of the molecule is CNC(c1cc(F)cc(Br)c1)c1cc(Cl)cc2c1OCC2. The molecule has 0 bridgehead atoms. The molecule has 1 heterocycles. The zero-order chi connectivity index (χ0) is 15.0. The van der Waals surface area contributed by atoms with Crippen molar-refractivity contribution in [2.45, 2.75) is 12.5 Å². The van der Waals surface area contributed by atoms with Crippen LogP contribution in [0.3, 0.4) is 0 Å². The van der Waals surface area contributed by atoms with Gasteiger partial charge in [-0.1, -0.05) is 27.5 Å². The van der Waals surface area contributed by atoms with Crippen molar-refractivity contribution in [2.75, 3.05) is 13.7 Å². The van der Waals surface area contributed by atoms with Gasteiger partial charge in [0.15, 0.2) is 0 Å². The second kappa shape index (κ2) is 5.95. The molecule has 1 aliphatic heterocycles. The van der Waals surface area contributed by atoms with Crippen LogP contribution in [0.1, 0.15) is 22.7 Å². The van der Waals surface area contributed by atoms with Gasteiger partial charge >= 0.3 is 0 Å². The van der Waals surface area contributed by atoms with Gasteiger partial charge in [0.2, 0.25) is 0 Å². The molecule has 2 aromatic carbocycles. The van der Waals surface area contributed by atoms with Crippen molar-refractivity contribution in [1.82, 2.24) is 5.32 Å². The van der Waals surface area contributed by atoms with E-state index in [0.29, 0.717) is 16.1 Å². The number of fused-ring (bicyclic) bond motifs is 1. The van der Waals surface area contributed by atoms with Crippen molar-refractivity contribution in [2.24, 2.45) is 0 Å². The summed E-state index contributed by atoms with van der Waals surface area (Å²) in [7, 11) is 1.84. The minimum Gasteiger partial charge on any atom is -0.493 e. The molecule has 1 N–H and O–H groups in total. The van der Waals surface area contributed by atoms with E-state index < -0.39 is 0 Å². The molecular weight excluding hydrogens is 357 g/mol. The third-order valence-corrected chi connectivity index (χ3v) is 4.27. The number of halogens is 3. The summed E-state index contributed by atoms with van der Waals surface area (Å²) in [5, 5.41) is 3.89. The zero-order valence-electron chi connectivity index (χ0n) is 11.4. The maximum Gasteiger partial charge on any atom is 0.127 e. The number of rotatable bonds is 3. The van der Waals surface area contributed by atoms with Gasteiger partial charge in [0, 0.05) is 21.5 Å². The van der Waals surface area contributed by atoms with E-state index in [2.05, 4.69) is 21.2 Å². The molecule has 1 aliphatic rings. The Morgan fingerprint density at radius 1 is 1.29 bits per heavy atom. The van der Waals surface area contributed by atoms with Crippen LogP contribution < -0.4 is 10.1 Å². The minimum atomic E-state index is -0.279. The van der Waals surface area contributed by atoms with Crippen molar-refractivity contribution in [3.8, 4) is 5.75 Å². The van der Waals surface area contributed by atoms with Crippen molar-refractivity contribution in [1.29, 1.82) is 0 Å². The van der Waals surface area contributed by atoms with E-state index in [-0.39, 0.29) is 11.9 Å². The van der Waals surface area contributed by atoms with E-state index in [4.69, 9.17) is 16.3 Å². The van der Waals surface area contributed by atoms with Gasteiger partial charge in [-0.25, -0.2) is 4.39 Å². The fraction of sp³-hybridized carbons (Fsp3) is 0.250. The summed E-state index contributed by atoms with van der Waals surface area (Å²) >= 11 is 9.55. The summed E-state index contributed by atoms with van der Waals surface area (Å²) in [6, 6.07) is 8.49. The molecule has 110 valence electrons. The molecule has 0 fully saturated rings. The van der Waals surface area contributed by atoms with E-state index in [1.54, 1.807) is 0 Å². The zero-order valence-corrected chi connectivity index (χ0v) is 13.8. The maximum absolute atomic E-state index is 13.7. The first-order chi connectivity index (χ1) is 10.1. The average molecular weight is 371 g/mol. The molecule has 0 spiro atoms. The van der Waals surface area contributed by atoms with Gasteiger partial charge in [0.05, 0.1) is 12.6 Å². The number of nitrogens with one attached hydrogen (secondary N) is 1. The molecular formula is C16H14BrClFNO. The van der Waals surface area contributed by atoms with Crippen molar-refractivity contribution in [3.05, 3.63) is 62.3 Å². The lowest BCUT2D eigenvalue weighted by molar-refractivity contribution is 0.351. The lowest BCUT2D eigenvalue weighted by Gasteiger charge is -2.20. The highest BCUT2D eigenvalue weighted by Crippen LogP contribution is 2.39. The first-order valence-electron chi connectivity index (χ1n) is 6.67. The maximum atomic E-state index is 13.7. The van der Waals surface area contributed by atoms with Crippen LogP contribution in [0.25, 0.3) is 0 Å². The highest BCUT2D eigenvalue weighted by atomic mass is 79.9. The second-order valence-corrected chi connectivity index (χ2v) is 6.36. The molecule has 2 aromatic rings. The molecule has 3 rings (SSSR count). The van der Waals surface area contributed by atoms with Crippen LogP contribution in [0.5, 0.6) is 5.75 Å². The standard InChI is InChI=1S/C16H14BrClFNO/c1-20-15(10-4-11(17)7-13(19)6-10)14-8-12(18)5-9-2-3-21-16(9)14/h4-8,15,20H,2-3H2,1H3. The molecule has 21 heavy (non-hydrogen) atoms. The quantitative estimate of drug-likeness (QED) is 0.860. The fourth-order valence-corrected chi connectivity index (χ4v) is 3.49. The van der Waals surface area contributed by atoms with Crippen LogP contribution in [0, 0.1) is 5.82 Å². The Hall–Kier alpha value is -1.10. The van der Waals surface area contributed by atoms with Crippen molar-refractivity contribution in [3.63, 3.8) is 0 Å².